The fourth-order valence-corrected chi connectivity index (χ4v) is 3.51. The predicted octanol–water partition coefficient (Wildman–Crippen LogP) is 3.80. The Balaban J connectivity index is 1.47. The number of rotatable bonds is 6. The minimum Gasteiger partial charge on any atom is -0.496 e. The summed E-state index contributed by atoms with van der Waals surface area (Å²) in [7, 11) is 3.37. The van der Waals surface area contributed by atoms with Crippen molar-refractivity contribution < 1.29 is 9.47 Å². The van der Waals surface area contributed by atoms with E-state index in [-0.39, 0.29) is 0 Å². The van der Waals surface area contributed by atoms with Crippen LogP contribution in [0.5, 0.6) is 11.5 Å². The van der Waals surface area contributed by atoms with Crippen molar-refractivity contribution in [3.05, 3.63) is 71.5 Å². The molecule has 0 bridgehead atoms. The summed E-state index contributed by atoms with van der Waals surface area (Å²) in [6.45, 7) is 2.64. The second-order valence-electron chi connectivity index (χ2n) is 6.76. The van der Waals surface area contributed by atoms with E-state index in [1.807, 2.05) is 42.6 Å². The molecule has 0 atom stereocenters. The number of hydrogen-bond acceptors (Lipinski definition) is 6. The van der Waals surface area contributed by atoms with Gasteiger partial charge in [0.05, 0.1) is 25.6 Å². The third-order valence-corrected chi connectivity index (χ3v) is 4.95. The molecule has 28 heavy (non-hydrogen) atoms. The molecule has 1 N–H and O–H groups in total. The molecule has 0 unspecified atom stereocenters. The van der Waals surface area contributed by atoms with Crippen molar-refractivity contribution in [3.63, 3.8) is 0 Å². The van der Waals surface area contributed by atoms with Gasteiger partial charge in [0.1, 0.15) is 11.5 Å². The second-order valence-corrected chi connectivity index (χ2v) is 6.76. The van der Waals surface area contributed by atoms with Gasteiger partial charge in [-0.1, -0.05) is 30.3 Å². The number of fused-ring (bicyclic) bond motifs is 1. The molecule has 3 aromatic rings. The van der Waals surface area contributed by atoms with Crippen molar-refractivity contribution in [2.75, 3.05) is 26.1 Å². The maximum absolute atomic E-state index is 5.48. The van der Waals surface area contributed by atoms with E-state index in [9.17, 15) is 0 Å². The van der Waals surface area contributed by atoms with E-state index in [0.717, 1.165) is 48.9 Å². The molecule has 2 heterocycles. The lowest BCUT2D eigenvalue weighted by molar-refractivity contribution is 0.239. The van der Waals surface area contributed by atoms with Crippen LogP contribution in [0, 0.1) is 0 Å². The van der Waals surface area contributed by atoms with Crippen molar-refractivity contribution in [1.29, 1.82) is 0 Å². The smallest absolute Gasteiger partial charge is 0.227 e. The maximum Gasteiger partial charge on any atom is 0.227 e. The van der Waals surface area contributed by atoms with Gasteiger partial charge in [-0.15, -0.1) is 0 Å². The number of ether oxygens (including phenoxy) is 2. The Hall–Kier alpha value is -3.12. The molecule has 4 rings (SSSR count). The van der Waals surface area contributed by atoms with E-state index in [1.54, 1.807) is 14.2 Å². The van der Waals surface area contributed by atoms with Crippen LogP contribution in [0.15, 0.2) is 54.7 Å². The van der Waals surface area contributed by atoms with Crippen molar-refractivity contribution >= 4 is 11.6 Å². The molecule has 6 heteroatoms. The first kappa shape index (κ1) is 18.3. The number of para-hydroxylation sites is 3. The molecule has 1 aromatic heterocycles. The van der Waals surface area contributed by atoms with Crippen molar-refractivity contribution in [1.82, 2.24) is 14.9 Å². The molecule has 6 nitrogen and oxygen atoms in total. The number of nitrogens with one attached hydrogen (secondary N) is 1. The predicted molar refractivity (Wildman–Crippen MR) is 109 cm³/mol. The number of hydrogen-bond donors (Lipinski definition) is 1. The van der Waals surface area contributed by atoms with E-state index in [1.165, 1.54) is 11.1 Å². The minimum atomic E-state index is 0.599. The molecule has 0 saturated heterocycles. The quantitative estimate of drug-likeness (QED) is 0.706. The van der Waals surface area contributed by atoms with E-state index in [4.69, 9.17) is 14.5 Å². The van der Waals surface area contributed by atoms with Crippen LogP contribution in [0.2, 0.25) is 0 Å². The first-order valence-electron chi connectivity index (χ1n) is 9.36. The highest BCUT2D eigenvalue weighted by molar-refractivity contribution is 5.62. The number of methoxy groups -OCH3 is 2. The summed E-state index contributed by atoms with van der Waals surface area (Å²) in [4.78, 5) is 11.6. The Morgan fingerprint density at radius 3 is 2.57 bits per heavy atom. The first-order valence-corrected chi connectivity index (χ1v) is 9.36. The summed E-state index contributed by atoms with van der Waals surface area (Å²) < 4.78 is 10.9. The van der Waals surface area contributed by atoms with Gasteiger partial charge in [-0.05, 0) is 18.2 Å². The SMILES string of the molecule is COc1ccccc1CN1CCc2nc(Nc3ccccc3OC)ncc2C1. The van der Waals surface area contributed by atoms with Gasteiger partial charge < -0.3 is 14.8 Å². The molecule has 0 spiro atoms. The largest absolute Gasteiger partial charge is 0.496 e. The Morgan fingerprint density at radius 2 is 1.75 bits per heavy atom. The summed E-state index contributed by atoms with van der Waals surface area (Å²) in [5.74, 6) is 2.30. The lowest BCUT2D eigenvalue weighted by Crippen LogP contribution is -2.31. The van der Waals surface area contributed by atoms with Gasteiger partial charge in [0.2, 0.25) is 5.95 Å². The number of anilines is 2. The van der Waals surface area contributed by atoms with Crippen molar-refractivity contribution in [2.24, 2.45) is 0 Å². The molecular weight excluding hydrogens is 352 g/mol. The van der Waals surface area contributed by atoms with Crippen molar-refractivity contribution in [3.8, 4) is 11.5 Å². The number of aromatic nitrogens is 2. The highest BCUT2D eigenvalue weighted by Gasteiger charge is 2.20. The number of nitrogens with zero attached hydrogens (tertiary/aromatic N) is 3. The minimum absolute atomic E-state index is 0.599. The Labute approximate surface area is 165 Å². The van der Waals surface area contributed by atoms with Crippen LogP contribution in [-0.2, 0) is 19.5 Å². The second kappa shape index (κ2) is 8.27. The van der Waals surface area contributed by atoms with E-state index in [2.05, 4.69) is 27.3 Å². The van der Waals surface area contributed by atoms with Gasteiger partial charge in [-0.25, -0.2) is 9.97 Å². The molecule has 0 fully saturated rings. The van der Waals surface area contributed by atoms with Gasteiger partial charge in [0, 0.05) is 43.4 Å². The monoisotopic (exact) mass is 376 g/mol. The van der Waals surface area contributed by atoms with Crippen LogP contribution in [0.4, 0.5) is 11.6 Å². The number of benzene rings is 2. The zero-order valence-electron chi connectivity index (χ0n) is 16.2. The Bertz CT molecular complexity index is 961. The maximum atomic E-state index is 5.48. The van der Waals surface area contributed by atoms with Crippen LogP contribution >= 0.6 is 0 Å². The van der Waals surface area contributed by atoms with Gasteiger partial charge in [-0.2, -0.15) is 0 Å². The third-order valence-electron chi connectivity index (χ3n) is 4.95. The molecule has 0 radical (unpaired) electrons. The average molecular weight is 376 g/mol. The molecule has 2 aromatic carbocycles. The molecule has 0 aliphatic carbocycles. The molecule has 1 aliphatic rings. The van der Waals surface area contributed by atoms with Gasteiger partial charge in [0.25, 0.3) is 0 Å². The third kappa shape index (κ3) is 3.92. The topological polar surface area (TPSA) is 59.5 Å². The zero-order valence-corrected chi connectivity index (χ0v) is 16.2. The lowest BCUT2D eigenvalue weighted by atomic mass is 10.1. The lowest BCUT2D eigenvalue weighted by Gasteiger charge is -2.28. The first-order chi connectivity index (χ1) is 13.8. The zero-order chi connectivity index (χ0) is 19.3. The summed E-state index contributed by atoms with van der Waals surface area (Å²) in [5.41, 5.74) is 4.33. The van der Waals surface area contributed by atoms with Gasteiger partial charge in [-0.3, -0.25) is 4.90 Å². The summed E-state index contributed by atoms with van der Waals surface area (Å²) in [6, 6.07) is 15.9. The van der Waals surface area contributed by atoms with Gasteiger partial charge >= 0.3 is 0 Å². The highest BCUT2D eigenvalue weighted by atomic mass is 16.5. The molecule has 0 saturated carbocycles. The summed E-state index contributed by atoms with van der Waals surface area (Å²) in [6.07, 6.45) is 2.82. The fraction of sp³-hybridized carbons (Fsp3) is 0.273. The Morgan fingerprint density at radius 1 is 1.00 bits per heavy atom. The summed E-state index contributed by atoms with van der Waals surface area (Å²) in [5, 5.41) is 3.26. The van der Waals surface area contributed by atoms with E-state index >= 15 is 0 Å². The summed E-state index contributed by atoms with van der Waals surface area (Å²) >= 11 is 0. The molecule has 1 aliphatic heterocycles. The highest BCUT2D eigenvalue weighted by Crippen LogP contribution is 2.27. The molecule has 0 amide bonds. The van der Waals surface area contributed by atoms with Crippen LogP contribution in [-0.4, -0.2) is 35.6 Å². The molecule has 144 valence electrons. The van der Waals surface area contributed by atoms with Crippen LogP contribution in [0.1, 0.15) is 16.8 Å². The van der Waals surface area contributed by atoms with E-state index < -0.39 is 0 Å². The van der Waals surface area contributed by atoms with Crippen LogP contribution in [0.3, 0.4) is 0 Å². The Kier molecular flexibility index (Phi) is 5.39. The van der Waals surface area contributed by atoms with Crippen LogP contribution in [0.25, 0.3) is 0 Å². The standard InChI is InChI=1S/C22H24N4O2/c1-27-20-9-5-3-7-16(20)14-26-12-11-18-17(15-26)13-23-22(24-18)25-19-8-4-6-10-21(19)28-2/h3-10,13H,11-12,14-15H2,1-2H3,(H,23,24,25). The van der Waals surface area contributed by atoms with E-state index in [0.29, 0.717) is 5.95 Å². The fourth-order valence-electron chi connectivity index (χ4n) is 3.51. The molecular formula is C22H24N4O2. The van der Waals surface area contributed by atoms with Crippen LogP contribution < -0.4 is 14.8 Å². The normalized spacial score (nSPS) is 13.6. The average Bonchev–Trinajstić information content (AvgIpc) is 2.74. The van der Waals surface area contributed by atoms with Gasteiger partial charge in [0.15, 0.2) is 0 Å². The van der Waals surface area contributed by atoms with Crippen molar-refractivity contribution in [2.45, 2.75) is 19.5 Å².